The van der Waals surface area contributed by atoms with E-state index >= 15 is 0 Å². The molecule has 2 aliphatic heterocycles. The summed E-state index contributed by atoms with van der Waals surface area (Å²) >= 11 is 6.73. The molecule has 1 fully saturated rings. The monoisotopic (exact) mass is 739 g/mol. The van der Waals surface area contributed by atoms with Crippen LogP contribution in [0.15, 0.2) is 67.0 Å². The van der Waals surface area contributed by atoms with Gasteiger partial charge >= 0.3 is 5.97 Å². The molecular weight excluding hydrogens is 694 g/mol. The van der Waals surface area contributed by atoms with Crippen LogP contribution in [-0.2, 0) is 31.0 Å². The number of hydrogen-bond donors (Lipinski definition) is 4. The Morgan fingerprint density at radius 3 is 2.57 bits per heavy atom. The number of likely N-dealkylation sites (tertiary alicyclic amines) is 1. The highest BCUT2D eigenvalue weighted by molar-refractivity contribution is 6.32. The highest BCUT2D eigenvalue weighted by atomic mass is 35.5. The van der Waals surface area contributed by atoms with Gasteiger partial charge in [0.25, 0.3) is 0 Å². The molecule has 278 valence electrons. The van der Waals surface area contributed by atoms with Crippen molar-refractivity contribution in [1.29, 1.82) is 5.26 Å². The van der Waals surface area contributed by atoms with E-state index in [1.807, 2.05) is 6.07 Å². The first kappa shape index (κ1) is 38.0. The van der Waals surface area contributed by atoms with E-state index in [-0.39, 0.29) is 25.9 Å². The van der Waals surface area contributed by atoms with E-state index in [0.717, 1.165) is 69.5 Å². The van der Waals surface area contributed by atoms with Crippen molar-refractivity contribution >= 4 is 23.3 Å². The molecule has 0 amide bonds. The van der Waals surface area contributed by atoms with Crippen LogP contribution in [0.3, 0.4) is 0 Å². The Balaban J connectivity index is 1.17. The Hall–Kier alpha value is -4.70. The molecule has 0 aliphatic carbocycles. The number of ether oxygens (including phenoxy) is 2. The quantitative estimate of drug-likeness (QED) is 0.116. The number of carboxylic acid groups (broad SMARTS) is 1. The number of halogens is 1. The van der Waals surface area contributed by atoms with E-state index in [2.05, 4.69) is 63.4 Å². The number of nitrogens with one attached hydrogen (secondary N) is 1. The Kier molecular flexibility index (Phi) is 12.8. The number of nitrogens with zero attached hydrogens (tertiary/aromatic N) is 4. The second kappa shape index (κ2) is 17.9. The second-order valence-electron chi connectivity index (χ2n) is 13.7. The molecule has 3 aromatic carbocycles. The Morgan fingerprint density at radius 2 is 1.79 bits per heavy atom. The maximum Gasteiger partial charge on any atom is 0.323 e. The number of anilines is 1. The number of rotatable bonds is 16. The maximum absolute atomic E-state index is 11.5. The zero-order valence-corrected chi connectivity index (χ0v) is 30.7. The van der Waals surface area contributed by atoms with Crippen LogP contribution in [0, 0.1) is 18.3 Å². The molecule has 0 bridgehead atoms. The van der Waals surface area contributed by atoms with Crippen LogP contribution in [0.2, 0.25) is 5.02 Å². The topological polar surface area (TPSA) is 151 Å². The summed E-state index contributed by atoms with van der Waals surface area (Å²) in [6, 6.07) is 18.8. The molecule has 1 saturated heterocycles. The van der Waals surface area contributed by atoms with Gasteiger partial charge in [0.1, 0.15) is 36.8 Å². The fourth-order valence-electron chi connectivity index (χ4n) is 7.11. The van der Waals surface area contributed by atoms with Gasteiger partial charge in [-0.2, -0.15) is 5.26 Å². The Bertz CT molecular complexity index is 1940. The normalized spacial score (nSPS) is 15.2. The van der Waals surface area contributed by atoms with Gasteiger partial charge in [-0.15, -0.1) is 0 Å². The molecule has 6 rings (SSSR count). The number of carbonyl (C=O) groups is 1. The number of nitriles is 1. The molecule has 1 aromatic heterocycles. The third kappa shape index (κ3) is 9.46. The standard InChI is InChI=1S/C41H46ClN5O6/c1-27-30(5-2-6-33(27)34-7-3-8-38-35(34)11-16-47(38)13-4-12-46-14-9-32(49)10-15-46)26-53-40-19-39(52-25-29-17-28(20-43)21-44-22-29)31(18-36(40)42)23-45-37(24-48)41(50)51/h2-3,5-8,17-19,21-22,32,37,45,48-49H,4,9-16,23-26H2,1H3,(H,50,51). The van der Waals surface area contributed by atoms with Gasteiger partial charge in [0, 0.05) is 68.0 Å². The van der Waals surface area contributed by atoms with Crippen LogP contribution in [0.25, 0.3) is 11.1 Å². The lowest BCUT2D eigenvalue weighted by Gasteiger charge is -2.30. The Morgan fingerprint density at radius 1 is 1.02 bits per heavy atom. The highest BCUT2D eigenvalue weighted by Crippen LogP contribution is 2.39. The molecule has 0 radical (unpaired) electrons. The van der Waals surface area contributed by atoms with Crippen molar-refractivity contribution < 1.29 is 29.6 Å². The first-order valence-electron chi connectivity index (χ1n) is 18.1. The van der Waals surface area contributed by atoms with Crippen molar-refractivity contribution in [2.45, 2.75) is 64.5 Å². The number of benzene rings is 3. The number of piperidine rings is 1. The summed E-state index contributed by atoms with van der Waals surface area (Å²) in [7, 11) is 0. The van der Waals surface area contributed by atoms with E-state index in [9.17, 15) is 25.4 Å². The van der Waals surface area contributed by atoms with Crippen LogP contribution < -0.4 is 19.7 Å². The summed E-state index contributed by atoms with van der Waals surface area (Å²) in [5.41, 5.74) is 8.86. The summed E-state index contributed by atoms with van der Waals surface area (Å²) in [5.74, 6) is -0.374. The summed E-state index contributed by atoms with van der Waals surface area (Å²) in [6.45, 7) is 6.96. The lowest BCUT2D eigenvalue weighted by atomic mass is 9.92. The van der Waals surface area contributed by atoms with Crippen molar-refractivity contribution in [2.24, 2.45) is 0 Å². The molecule has 2 aliphatic rings. The first-order chi connectivity index (χ1) is 25.7. The molecule has 4 aromatic rings. The van der Waals surface area contributed by atoms with Crippen molar-refractivity contribution in [2.75, 3.05) is 44.2 Å². The molecule has 4 N–H and O–H groups in total. The lowest BCUT2D eigenvalue weighted by molar-refractivity contribution is -0.140. The minimum Gasteiger partial charge on any atom is -0.488 e. The predicted octanol–water partition coefficient (Wildman–Crippen LogP) is 5.48. The molecule has 1 unspecified atom stereocenters. The van der Waals surface area contributed by atoms with Crippen LogP contribution in [0.5, 0.6) is 11.5 Å². The first-order valence-corrected chi connectivity index (χ1v) is 18.5. The summed E-state index contributed by atoms with van der Waals surface area (Å²) in [5, 5.41) is 41.2. The van der Waals surface area contributed by atoms with E-state index < -0.39 is 18.6 Å². The van der Waals surface area contributed by atoms with Crippen molar-refractivity contribution in [3.63, 3.8) is 0 Å². The molecule has 0 saturated carbocycles. The maximum atomic E-state index is 11.5. The molecule has 3 heterocycles. The van der Waals surface area contributed by atoms with Gasteiger partial charge in [-0.1, -0.05) is 41.9 Å². The molecular formula is C41H46ClN5O6. The van der Waals surface area contributed by atoms with Crippen molar-refractivity contribution in [3.8, 4) is 28.7 Å². The third-order valence-electron chi connectivity index (χ3n) is 10.2. The largest absolute Gasteiger partial charge is 0.488 e. The number of pyridine rings is 1. The molecule has 11 nitrogen and oxygen atoms in total. The van der Waals surface area contributed by atoms with E-state index in [4.69, 9.17) is 21.1 Å². The number of carboxylic acids is 1. The zero-order valence-electron chi connectivity index (χ0n) is 29.9. The summed E-state index contributed by atoms with van der Waals surface area (Å²) in [4.78, 5) is 20.6. The molecule has 1 atom stereocenters. The number of hydrogen-bond acceptors (Lipinski definition) is 10. The molecule has 53 heavy (non-hydrogen) atoms. The third-order valence-corrected chi connectivity index (χ3v) is 10.5. The van der Waals surface area contributed by atoms with Gasteiger partial charge in [0.2, 0.25) is 0 Å². The average molecular weight is 740 g/mol. The van der Waals surface area contributed by atoms with Gasteiger partial charge in [-0.05, 0) is 85.2 Å². The SMILES string of the molecule is Cc1c(COc2cc(OCc3cncc(C#N)c3)c(CNC(CO)C(=O)O)cc2Cl)cccc1-c1cccc2c1CCN2CCCN1CCC(O)CC1. The van der Waals surface area contributed by atoms with Gasteiger partial charge < -0.3 is 34.6 Å². The van der Waals surface area contributed by atoms with E-state index in [1.54, 1.807) is 24.4 Å². The average Bonchev–Trinajstić information content (AvgIpc) is 3.58. The van der Waals surface area contributed by atoms with Crippen LogP contribution in [0.1, 0.15) is 52.6 Å². The predicted molar refractivity (Wildman–Crippen MR) is 203 cm³/mol. The number of aromatic nitrogens is 1. The van der Waals surface area contributed by atoms with Gasteiger partial charge in [0.15, 0.2) is 0 Å². The van der Waals surface area contributed by atoms with Gasteiger partial charge in [-0.3, -0.25) is 15.1 Å². The zero-order chi connectivity index (χ0) is 37.3. The van der Waals surface area contributed by atoms with Crippen molar-refractivity contribution in [3.05, 3.63) is 105 Å². The van der Waals surface area contributed by atoms with Gasteiger partial charge in [0.05, 0.1) is 23.3 Å². The number of aliphatic carboxylic acids is 1. The number of fused-ring (bicyclic) bond motifs is 1. The van der Waals surface area contributed by atoms with Crippen LogP contribution >= 0.6 is 11.6 Å². The van der Waals surface area contributed by atoms with Crippen molar-refractivity contribution in [1.82, 2.24) is 15.2 Å². The van der Waals surface area contributed by atoms with Gasteiger partial charge in [-0.25, -0.2) is 0 Å². The highest BCUT2D eigenvalue weighted by Gasteiger charge is 2.24. The number of aliphatic hydroxyl groups is 2. The molecule has 0 spiro atoms. The minimum atomic E-state index is -1.18. The molecule has 12 heteroatoms. The fraction of sp³-hybridized carbons (Fsp3) is 0.390. The lowest BCUT2D eigenvalue weighted by Crippen LogP contribution is -2.39. The summed E-state index contributed by atoms with van der Waals surface area (Å²) in [6.07, 6.45) is 6.75. The fourth-order valence-corrected chi connectivity index (χ4v) is 7.35. The van der Waals surface area contributed by atoms with Crippen LogP contribution in [0.4, 0.5) is 5.69 Å². The second-order valence-corrected chi connectivity index (χ2v) is 14.1. The van der Waals surface area contributed by atoms with Crippen LogP contribution in [-0.4, -0.2) is 82.6 Å². The summed E-state index contributed by atoms with van der Waals surface area (Å²) < 4.78 is 12.5. The van der Waals surface area contributed by atoms with E-state index in [1.165, 1.54) is 28.6 Å². The minimum absolute atomic E-state index is 0.0623. The number of aliphatic hydroxyl groups excluding tert-OH is 2. The Labute approximate surface area is 315 Å². The van der Waals surface area contributed by atoms with E-state index in [0.29, 0.717) is 33.2 Å². The smallest absolute Gasteiger partial charge is 0.323 e.